The number of carbonyl (C=O) groups is 3. The molecule has 2 unspecified atom stereocenters. The van der Waals surface area contributed by atoms with Gasteiger partial charge in [0.2, 0.25) is 0 Å². The molecule has 0 amide bonds. The summed E-state index contributed by atoms with van der Waals surface area (Å²) in [5.74, 6) is -2.00. The zero-order valence-electron chi connectivity index (χ0n) is 59.8. The molecular weight excluding hydrogens is 1110 g/mol. The summed E-state index contributed by atoms with van der Waals surface area (Å²) in [7, 11) is 5.98. The van der Waals surface area contributed by atoms with Crippen LogP contribution in [0.2, 0.25) is 0 Å². The fourth-order valence-corrected chi connectivity index (χ4v) is 11.1. The van der Waals surface area contributed by atoms with Crippen LogP contribution in [0.3, 0.4) is 0 Å². The van der Waals surface area contributed by atoms with E-state index in [-0.39, 0.29) is 32.2 Å². The first kappa shape index (κ1) is 86.5. The molecule has 0 aromatic heterocycles. The first-order valence-electron chi connectivity index (χ1n) is 38.3. The fourth-order valence-electron chi connectivity index (χ4n) is 11.1. The Labute approximate surface area is 557 Å². The minimum atomic E-state index is -1.52. The number of allylic oxidation sites excluding steroid dienone is 14. The van der Waals surface area contributed by atoms with Gasteiger partial charge in [-0.15, -0.1) is 0 Å². The molecule has 0 radical (unpaired) electrons. The first-order valence-corrected chi connectivity index (χ1v) is 38.3. The normalized spacial score (nSPS) is 13.1. The van der Waals surface area contributed by atoms with Crippen molar-refractivity contribution in [3.63, 3.8) is 0 Å². The molecule has 0 aliphatic heterocycles. The van der Waals surface area contributed by atoms with E-state index in [2.05, 4.69) is 98.9 Å². The van der Waals surface area contributed by atoms with Crippen LogP contribution in [-0.2, 0) is 33.3 Å². The molecule has 90 heavy (non-hydrogen) atoms. The Balaban J connectivity index is 4.06. The SMILES string of the molecule is CC/C=C\C/C=C\C/C=C\C/C=C\C/C=C\C/C=C\C/C=C\CCCCCCCCCCCC(=O)OC(COC(=O)CCCCCCCCCCCCCCCCCCCCCCCCCCCCCCCCCCCC)COC(OCC[N+](C)(C)C)C(=O)O. The number of hydrogen-bond donors (Lipinski definition) is 1. The van der Waals surface area contributed by atoms with Gasteiger partial charge in [-0.2, -0.15) is 0 Å². The lowest BCUT2D eigenvalue weighted by Crippen LogP contribution is -2.40. The van der Waals surface area contributed by atoms with Crippen molar-refractivity contribution in [3.8, 4) is 0 Å². The average Bonchev–Trinajstić information content (AvgIpc) is 3.63. The van der Waals surface area contributed by atoms with Gasteiger partial charge < -0.3 is 28.5 Å². The maximum absolute atomic E-state index is 13.0. The number of rotatable bonds is 71. The zero-order chi connectivity index (χ0) is 65.4. The zero-order valence-corrected chi connectivity index (χ0v) is 59.8. The molecule has 9 heteroatoms. The predicted octanol–water partition coefficient (Wildman–Crippen LogP) is 24.2. The Bertz CT molecular complexity index is 1760. The van der Waals surface area contributed by atoms with Crippen molar-refractivity contribution in [2.75, 3.05) is 47.5 Å². The van der Waals surface area contributed by atoms with Crippen molar-refractivity contribution in [2.24, 2.45) is 0 Å². The Morgan fingerprint density at radius 2 is 0.633 bits per heavy atom. The van der Waals surface area contributed by atoms with Crippen molar-refractivity contribution in [1.82, 2.24) is 0 Å². The van der Waals surface area contributed by atoms with Crippen LogP contribution in [-0.4, -0.2) is 87.4 Å². The van der Waals surface area contributed by atoms with Crippen LogP contribution in [0.15, 0.2) is 85.1 Å². The molecule has 0 aliphatic rings. The molecule has 0 bridgehead atoms. The van der Waals surface area contributed by atoms with Crippen LogP contribution < -0.4 is 0 Å². The molecule has 0 aromatic rings. The van der Waals surface area contributed by atoms with E-state index in [0.717, 1.165) is 89.9 Å². The highest BCUT2D eigenvalue weighted by Crippen LogP contribution is 2.19. The highest BCUT2D eigenvalue weighted by atomic mass is 16.7. The topological polar surface area (TPSA) is 108 Å². The standard InChI is InChI=1S/C81H145NO8/c1-6-8-10-12-14-16-18-20-22-24-26-28-30-32-34-36-38-39-40-42-43-45-47-49-51-53-55-57-59-61-63-65-67-69-71-78(83)88-75-77(76-89-81(80(85)86)87-74-73-82(3,4)5)90-79(84)72-70-68-66-64-62-60-58-56-54-52-50-48-46-44-41-37-35-33-31-29-27-25-23-21-19-17-15-13-11-9-7-2/h9,11,15,17,21,23,27,29,33,35,41,44,48,50,77,81H,6-8,10,12-14,16,18-20,22,24-26,28,30-32,34,36-40,42-43,45-47,49,51-76H2,1-5H3/p+1/b11-9-,17-15-,23-21-,29-27-,35-33-,44-41-,50-48-. The van der Waals surface area contributed by atoms with E-state index in [1.54, 1.807) is 0 Å². The molecule has 0 aliphatic carbocycles. The summed E-state index contributed by atoms with van der Waals surface area (Å²) >= 11 is 0. The lowest BCUT2D eigenvalue weighted by atomic mass is 10.0. The van der Waals surface area contributed by atoms with Gasteiger partial charge in [-0.25, -0.2) is 4.79 Å². The largest absolute Gasteiger partial charge is 0.477 e. The summed E-state index contributed by atoms with van der Waals surface area (Å²) in [6.45, 7) is 4.80. The Kier molecular flexibility index (Phi) is 68.5. The molecule has 0 aromatic carbocycles. The molecule has 9 nitrogen and oxygen atoms in total. The molecule has 0 saturated carbocycles. The fraction of sp³-hybridized carbons (Fsp3) is 0.790. The predicted molar refractivity (Wildman–Crippen MR) is 387 cm³/mol. The summed E-state index contributed by atoms with van der Waals surface area (Å²) in [6.07, 6.45) is 94.4. The second kappa shape index (κ2) is 71.3. The van der Waals surface area contributed by atoms with Gasteiger partial charge in [0.15, 0.2) is 6.10 Å². The quantitative estimate of drug-likeness (QED) is 0.0211. The number of carbonyl (C=O) groups excluding carboxylic acids is 2. The van der Waals surface area contributed by atoms with Crippen LogP contribution in [0.4, 0.5) is 0 Å². The van der Waals surface area contributed by atoms with Crippen molar-refractivity contribution in [3.05, 3.63) is 85.1 Å². The molecule has 0 heterocycles. The van der Waals surface area contributed by atoms with E-state index < -0.39 is 24.3 Å². The number of unbranched alkanes of at least 4 members (excludes halogenated alkanes) is 42. The molecule has 522 valence electrons. The smallest absolute Gasteiger partial charge is 0.361 e. The molecular formula is C81H146NO8+. The average molecular weight is 1260 g/mol. The lowest BCUT2D eigenvalue weighted by molar-refractivity contribution is -0.870. The monoisotopic (exact) mass is 1260 g/mol. The maximum Gasteiger partial charge on any atom is 0.361 e. The second-order valence-corrected chi connectivity index (χ2v) is 26.9. The van der Waals surface area contributed by atoms with Gasteiger partial charge in [0.25, 0.3) is 6.29 Å². The Morgan fingerprint density at radius 3 is 0.944 bits per heavy atom. The summed E-state index contributed by atoms with van der Waals surface area (Å²) < 4.78 is 23.0. The van der Waals surface area contributed by atoms with Crippen molar-refractivity contribution < 1.29 is 42.9 Å². The second-order valence-electron chi connectivity index (χ2n) is 26.9. The number of quaternary nitrogens is 1. The van der Waals surface area contributed by atoms with Crippen molar-refractivity contribution in [1.29, 1.82) is 0 Å². The van der Waals surface area contributed by atoms with Gasteiger partial charge in [-0.3, -0.25) is 9.59 Å². The summed E-state index contributed by atoms with van der Waals surface area (Å²) in [5.41, 5.74) is 0. The van der Waals surface area contributed by atoms with Gasteiger partial charge in [-0.05, 0) is 70.6 Å². The molecule has 0 spiro atoms. The van der Waals surface area contributed by atoms with Gasteiger partial charge >= 0.3 is 17.9 Å². The number of hydrogen-bond acceptors (Lipinski definition) is 7. The highest BCUT2D eigenvalue weighted by molar-refractivity contribution is 5.71. The van der Waals surface area contributed by atoms with Crippen LogP contribution in [0.25, 0.3) is 0 Å². The lowest BCUT2D eigenvalue weighted by Gasteiger charge is -2.25. The van der Waals surface area contributed by atoms with E-state index in [4.69, 9.17) is 18.9 Å². The van der Waals surface area contributed by atoms with Crippen molar-refractivity contribution in [2.45, 2.75) is 367 Å². The summed E-state index contributed by atoms with van der Waals surface area (Å²) in [5, 5.41) is 9.76. The van der Waals surface area contributed by atoms with Crippen LogP contribution in [0.1, 0.15) is 354 Å². The van der Waals surface area contributed by atoms with Crippen molar-refractivity contribution >= 4 is 17.9 Å². The van der Waals surface area contributed by atoms with Crippen LogP contribution >= 0.6 is 0 Å². The Morgan fingerprint density at radius 1 is 0.344 bits per heavy atom. The Hall–Kier alpha value is -3.53. The third kappa shape index (κ3) is 71.9. The number of ether oxygens (including phenoxy) is 4. The number of nitrogens with zero attached hydrogens (tertiary/aromatic N) is 1. The molecule has 2 atom stereocenters. The van der Waals surface area contributed by atoms with E-state index in [1.807, 2.05) is 21.1 Å². The minimum Gasteiger partial charge on any atom is -0.477 e. The van der Waals surface area contributed by atoms with Crippen LogP contribution in [0.5, 0.6) is 0 Å². The maximum atomic E-state index is 13.0. The van der Waals surface area contributed by atoms with Gasteiger partial charge in [0, 0.05) is 12.8 Å². The minimum absolute atomic E-state index is 0.184. The molecule has 1 N–H and O–H groups in total. The number of carboxylic acids is 1. The van der Waals surface area contributed by atoms with Gasteiger partial charge in [0.1, 0.15) is 13.2 Å². The van der Waals surface area contributed by atoms with Crippen LogP contribution in [0, 0.1) is 0 Å². The third-order valence-electron chi connectivity index (χ3n) is 16.9. The molecule has 0 saturated heterocycles. The van der Waals surface area contributed by atoms with E-state index in [1.165, 1.54) is 231 Å². The van der Waals surface area contributed by atoms with E-state index in [9.17, 15) is 19.5 Å². The number of likely N-dealkylation sites (N-methyl/N-ethyl adjacent to an activating group) is 1. The number of esters is 2. The van der Waals surface area contributed by atoms with Gasteiger partial charge in [0.05, 0.1) is 34.4 Å². The van der Waals surface area contributed by atoms with E-state index in [0.29, 0.717) is 23.9 Å². The highest BCUT2D eigenvalue weighted by Gasteiger charge is 2.25. The summed E-state index contributed by atoms with van der Waals surface area (Å²) in [6, 6.07) is 0. The molecule has 0 rings (SSSR count). The third-order valence-corrected chi connectivity index (χ3v) is 16.9. The number of carboxylic acid groups (broad SMARTS) is 1. The van der Waals surface area contributed by atoms with Gasteiger partial charge in [-0.1, -0.05) is 356 Å². The molecule has 0 fully saturated rings. The first-order chi connectivity index (χ1) is 44.1. The summed E-state index contributed by atoms with van der Waals surface area (Å²) in [4.78, 5) is 37.7. The number of aliphatic carboxylic acids is 1. The van der Waals surface area contributed by atoms with E-state index >= 15 is 0 Å².